The first-order chi connectivity index (χ1) is 10.6. The number of ether oxygens (including phenoxy) is 1. The van der Waals surface area contributed by atoms with Gasteiger partial charge >= 0.3 is 0 Å². The molecule has 0 bridgehead atoms. The third-order valence-electron chi connectivity index (χ3n) is 5.41. The Labute approximate surface area is 134 Å². The van der Waals surface area contributed by atoms with Gasteiger partial charge in [-0.2, -0.15) is 0 Å². The normalized spacial score (nSPS) is 31.6. The third-order valence-corrected chi connectivity index (χ3v) is 5.41. The van der Waals surface area contributed by atoms with Gasteiger partial charge in [-0.1, -0.05) is 6.08 Å². The lowest BCUT2D eigenvalue weighted by molar-refractivity contribution is -0.166. The van der Waals surface area contributed by atoms with Crippen LogP contribution in [-0.4, -0.2) is 35.2 Å². The highest BCUT2D eigenvalue weighted by Gasteiger charge is 2.69. The van der Waals surface area contributed by atoms with E-state index in [1.54, 1.807) is 19.1 Å². The molecule has 1 aromatic carbocycles. The molecule has 23 heavy (non-hydrogen) atoms. The van der Waals surface area contributed by atoms with E-state index in [2.05, 4.69) is 0 Å². The lowest BCUT2D eigenvalue weighted by atomic mass is 9.48. The standard InChI is InChI=1S/C18H18O5/c1-16(2)13(19)7-8-17(3)12-9-10(23-4)5-6-11(12)14(20)15(21)18(16,17)22/h5-9,22H,1-4H3. The van der Waals surface area contributed by atoms with E-state index >= 15 is 0 Å². The topological polar surface area (TPSA) is 80.7 Å². The van der Waals surface area contributed by atoms with Gasteiger partial charge in [0.25, 0.3) is 0 Å². The Hall–Kier alpha value is -2.27. The molecule has 0 aliphatic heterocycles. The van der Waals surface area contributed by atoms with Crippen molar-refractivity contribution >= 4 is 17.3 Å². The molecule has 0 spiro atoms. The van der Waals surface area contributed by atoms with Gasteiger partial charge in [0.15, 0.2) is 11.4 Å². The van der Waals surface area contributed by atoms with E-state index in [-0.39, 0.29) is 11.3 Å². The summed E-state index contributed by atoms with van der Waals surface area (Å²) >= 11 is 0. The predicted molar refractivity (Wildman–Crippen MR) is 82.6 cm³/mol. The second kappa shape index (κ2) is 4.38. The molecule has 0 saturated heterocycles. The molecule has 5 nitrogen and oxygen atoms in total. The number of hydrogen-bond donors (Lipinski definition) is 1. The highest BCUT2D eigenvalue weighted by Crippen LogP contribution is 2.55. The SMILES string of the molecule is COc1ccc2c(c1)C1(C)C=CC(=O)C(C)(C)C1(O)C(=O)C2=O. The molecule has 0 aromatic heterocycles. The number of carbonyl (C=O) groups is 3. The second-order valence-corrected chi connectivity index (χ2v) is 6.81. The van der Waals surface area contributed by atoms with Gasteiger partial charge in [0.1, 0.15) is 5.75 Å². The summed E-state index contributed by atoms with van der Waals surface area (Å²) in [7, 11) is 1.50. The van der Waals surface area contributed by atoms with Crippen molar-refractivity contribution in [1.82, 2.24) is 0 Å². The minimum Gasteiger partial charge on any atom is -0.497 e. The first-order valence-electron chi connectivity index (χ1n) is 7.35. The van der Waals surface area contributed by atoms with Gasteiger partial charge < -0.3 is 9.84 Å². The van der Waals surface area contributed by atoms with Gasteiger partial charge in [0.05, 0.1) is 12.5 Å². The van der Waals surface area contributed by atoms with Crippen LogP contribution >= 0.6 is 0 Å². The Morgan fingerprint density at radius 3 is 2.35 bits per heavy atom. The van der Waals surface area contributed by atoms with Gasteiger partial charge in [-0.3, -0.25) is 14.4 Å². The number of aliphatic hydroxyl groups is 1. The zero-order chi connectivity index (χ0) is 17.2. The van der Waals surface area contributed by atoms with Gasteiger partial charge in [0.2, 0.25) is 11.6 Å². The van der Waals surface area contributed by atoms with E-state index in [1.807, 2.05) is 0 Å². The molecule has 1 N–H and O–H groups in total. The van der Waals surface area contributed by atoms with Crippen molar-refractivity contribution in [3.05, 3.63) is 41.5 Å². The van der Waals surface area contributed by atoms with Crippen molar-refractivity contribution in [2.75, 3.05) is 7.11 Å². The van der Waals surface area contributed by atoms with Gasteiger partial charge in [-0.15, -0.1) is 0 Å². The largest absolute Gasteiger partial charge is 0.497 e. The maximum Gasteiger partial charge on any atom is 0.237 e. The van der Waals surface area contributed by atoms with Crippen LogP contribution in [-0.2, 0) is 15.0 Å². The summed E-state index contributed by atoms with van der Waals surface area (Å²) < 4.78 is 5.20. The molecule has 0 saturated carbocycles. The van der Waals surface area contributed by atoms with Crippen LogP contribution in [0.2, 0.25) is 0 Å². The van der Waals surface area contributed by atoms with Gasteiger partial charge in [-0.25, -0.2) is 0 Å². The van der Waals surface area contributed by atoms with Crippen LogP contribution in [0.3, 0.4) is 0 Å². The molecule has 3 rings (SSSR count). The van der Waals surface area contributed by atoms with Crippen LogP contribution in [0.1, 0.15) is 36.7 Å². The lowest BCUT2D eigenvalue weighted by Crippen LogP contribution is -2.70. The average Bonchev–Trinajstić information content (AvgIpc) is 2.54. The Morgan fingerprint density at radius 2 is 1.74 bits per heavy atom. The van der Waals surface area contributed by atoms with Crippen molar-refractivity contribution in [3.63, 3.8) is 0 Å². The van der Waals surface area contributed by atoms with Crippen LogP contribution in [0.15, 0.2) is 30.4 Å². The molecule has 1 aromatic rings. The maximum absolute atomic E-state index is 12.7. The number of carbonyl (C=O) groups excluding carboxylic acids is 3. The number of Topliss-reactive ketones (excluding diaryl/α,β-unsaturated/α-hetero) is 2. The van der Waals surface area contributed by atoms with E-state index < -0.39 is 28.0 Å². The van der Waals surface area contributed by atoms with E-state index in [1.165, 1.54) is 39.2 Å². The highest BCUT2D eigenvalue weighted by atomic mass is 16.5. The van der Waals surface area contributed by atoms with Gasteiger partial charge in [-0.05, 0) is 50.6 Å². The average molecular weight is 314 g/mol. The summed E-state index contributed by atoms with van der Waals surface area (Å²) in [5.41, 5.74) is -4.02. The Bertz CT molecular complexity index is 789. The van der Waals surface area contributed by atoms with E-state index in [9.17, 15) is 19.5 Å². The summed E-state index contributed by atoms with van der Waals surface area (Å²) in [6.45, 7) is 4.65. The van der Waals surface area contributed by atoms with Crippen LogP contribution in [0.5, 0.6) is 5.75 Å². The van der Waals surface area contributed by atoms with Crippen molar-refractivity contribution < 1.29 is 24.2 Å². The fourth-order valence-electron chi connectivity index (χ4n) is 3.77. The molecule has 0 amide bonds. The number of fused-ring (bicyclic) bond motifs is 3. The minimum absolute atomic E-state index is 0.234. The lowest BCUT2D eigenvalue weighted by Gasteiger charge is -2.54. The summed E-state index contributed by atoms with van der Waals surface area (Å²) in [5, 5.41) is 11.3. The van der Waals surface area contributed by atoms with Crippen molar-refractivity contribution in [1.29, 1.82) is 0 Å². The number of hydrogen-bond acceptors (Lipinski definition) is 5. The fraction of sp³-hybridized carbons (Fsp3) is 0.389. The molecule has 5 heteroatoms. The predicted octanol–water partition coefficient (Wildman–Crippen LogP) is 1.61. The maximum atomic E-state index is 12.7. The van der Waals surface area contributed by atoms with E-state index in [0.29, 0.717) is 11.3 Å². The van der Waals surface area contributed by atoms with Crippen LogP contribution in [0.25, 0.3) is 0 Å². The molecule has 0 heterocycles. The smallest absolute Gasteiger partial charge is 0.237 e. The molecule has 2 atom stereocenters. The molecule has 2 aliphatic rings. The zero-order valence-electron chi connectivity index (χ0n) is 13.5. The molecular weight excluding hydrogens is 296 g/mol. The zero-order valence-corrected chi connectivity index (χ0v) is 13.5. The third kappa shape index (κ3) is 1.58. The molecule has 0 fully saturated rings. The van der Waals surface area contributed by atoms with Crippen molar-refractivity contribution in [2.45, 2.75) is 31.8 Å². The van der Waals surface area contributed by atoms with Crippen LogP contribution in [0.4, 0.5) is 0 Å². The summed E-state index contributed by atoms with van der Waals surface area (Å²) in [6, 6.07) is 4.76. The summed E-state index contributed by atoms with van der Waals surface area (Å²) in [4.78, 5) is 37.5. The quantitative estimate of drug-likeness (QED) is 0.797. The highest BCUT2D eigenvalue weighted by molar-refractivity contribution is 6.49. The minimum atomic E-state index is -2.14. The summed E-state index contributed by atoms with van der Waals surface area (Å²) in [5.74, 6) is -1.60. The Kier molecular flexibility index (Phi) is 2.98. The molecule has 120 valence electrons. The van der Waals surface area contributed by atoms with Crippen molar-refractivity contribution in [2.24, 2.45) is 5.41 Å². The number of ketones is 3. The Morgan fingerprint density at radius 1 is 1.09 bits per heavy atom. The monoisotopic (exact) mass is 314 g/mol. The number of methoxy groups -OCH3 is 1. The first-order valence-corrected chi connectivity index (χ1v) is 7.35. The first kappa shape index (κ1) is 15.6. The second-order valence-electron chi connectivity index (χ2n) is 6.81. The molecule has 2 unspecified atom stereocenters. The summed E-state index contributed by atoms with van der Waals surface area (Å²) in [6.07, 6.45) is 2.89. The fourth-order valence-corrected chi connectivity index (χ4v) is 3.77. The van der Waals surface area contributed by atoms with Crippen LogP contribution < -0.4 is 4.74 Å². The number of rotatable bonds is 1. The molecule has 2 aliphatic carbocycles. The number of allylic oxidation sites excluding steroid dienone is 1. The van der Waals surface area contributed by atoms with Crippen LogP contribution in [0, 0.1) is 5.41 Å². The molecular formula is C18H18O5. The van der Waals surface area contributed by atoms with E-state index in [0.717, 1.165) is 0 Å². The van der Waals surface area contributed by atoms with Crippen molar-refractivity contribution in [3.8, 4) is 5.75 Å². The van der Waals surface area contributed by atoms with E-state index in [4.69, 9.17) is 4.74 Å². The Balaban J connectivity index is 2.43. The van der Waals surface area contributed by atoms with Gasteiger partial charge in [0, 0.05) is 11.0 Å². The molecule has 0 radical (unpaired) electrons. The number of benzene rings is 1.